The number of aryl methyl sites for hydroxylation is 2. The first kappa shape index (κ1) is 27.0. The lowest BCUT2D eigenvalue weighted by Crippen LogP contribution is -2.44. The number of ether oxygens (including phenoxy) is 2. The zero-order chi connectivity index (χ0) is 26.7. The molecule has 1 aromatic carbocycles. The molecule has 3 heterocycles. The molecule has 0 saturated carbocycles. The van der Waals surface area contributed by atoms with Crippen molar-refractivity contribution in [2.45, 2.75) is 59.4 Å². The lowest BCUT2D eigenvalue weighted by molar-refractivity contribution is -0.151. The van der Waals surface area contributed by atoms with Crippen LogP contribution < -0.4 is 0 Å². The Morgan fingerprint density at radius 3 is 2.65 bits per heavy atom. The maximum absolute atomic E-state index is 13.5. The Hall–Kier alpha value is -3.07. The van der Waals surface area contributed by atoms with Crippen molar-refractivity contribution in [2.75, 3.05) is 26.8 Å². The molecule has 2 unspecified atom stereocenters. The van der Waals surface area contributed by atoms with Crippen molar-refractivity contribution in [1.82, 2.24) is 9.80 Å². The third-order valence-electron chi connectivity index (χ3n) is 7.08. The smallest absolute Gasteiger partial charge is 0.338 e. The molecule has 4 rings (SSSR count). The van der Waals surface area contributed by atoms with E-state index in [9.17, 15) is 14.4 Å². The van der Waals surface area contributed by atoms with E-state index in [1.165, 1.54) is 18.9 Å². The predicted molar refractivity (Wildman–Crippen MR) is 143 cm³/mol. The topological polar surface area (TPSA) is 88.5 Å². The van der Waals surface area contributed by atoms with Crippen LogP contribution >= 0.6 is 11.8 Å². The molecular weight excluding hydrogens is 490 g/mol. The Labute approximate surface area is 222 Å². The highest BCUT2D eigenvalue weighted by molar-refractivity contribution is 8.16. The predicted octanol–water partition coefficient (Wildman–Crippen LogP) is 4.63. The van der Waals surface area contributed by atoms with Crippen LogP contribution in [0, 0.1) is 19.8 Å². The quantitative estimate of drug-likeness (QED) is 0.480. The van der Waals surface area contributed by atoms with Gasteiger partial charge >= 0.3 is 11.9 Å². The largest absolute Gasteiger partial charge is 0.466 e. The number of rotatable bonds is 7. The molecule has 3 aliphatic heterocycles. The molecule has 1 aromatic rings. The minimum atomic E-state index is -0.446. The van der Waals surface area contributed by atoms with E-state index in [0.29, 0.717) is 37.4 Å². The van der Waals surface area contributed by atoms with Gasteiger partial charge in [-0.2, -0.15) is 0 Å². The summed E-state index contributed by atoms with van der Waals surface area (Å²) >= 11 is 1.47. The number of amidine groups is 1. The average molecular weight is 526 g/mol. The second-order valence-corrected chi connectivity index (χ2v) is 10.4. The normalized spacial score (nSPS) is 21.3. The van der Waals surface area contributed by atoms with Crippen molar-refractivity contribution < 1.29 is 23.9 Å². The molecule has 1 fully saturated rings. The van der Waals surface area contributed by atoms with Crippen molar-refractivity contribution >= 4 is 34.8 Å². The Kier molecular flexibility index (Phi) is 8.42. The van der Waals surface area contributed by atoms with Gasteiger partial charge in [0.15, 0.2) is 5.17 Å². The molecular formula is C28H35N3O5S. The first-order valence-corrected chi connectivity index (χ1v) is 13.7. The fraction of sp³-hybridized carbons (Fsp3) is 0.500. The number of nitrogens with zero attached hydrogens (tertiary/aromatic N) is 3. The van der Waals surface area contributed by atoms with Crippen LogP contribution in [0.25, 0.3) is 0 Å². The van der Waals surface area contributed by atoms with Crippen LogP contribution in [-0.2, 0) is 23.9 Å². The second kappa shape index (κ2) is 11.5. The summed E-state index contributed by atoms with van der Waals surface area (Å²) in [5, 5.41) is 2.70. The summed E-state index contributed by atoms with van der Waals surface area (Å²) in [6, 6.07) is 5.74. The number of allylic oxidation sites excluding steroid dienone is 1. The van der Waals surface area contributed by atoms with E-state index < -0.39 is 12.0 Å². The molecule has 0 bridgehead atoms. The van der Waals surface area contributed by atoms with E-state index in [1.54, 1.807) is 11.8 Å². The Bertz CT molecular complexity index is 1190. The number of carbonyl (C=O) groups is 3. The SMILES string of the molecule is CCOC(=O)C1CCCN(C(=O)CC2=CSC3=NC(CC)=C(C(=O)OC)C(c4ccc(C)cc4C)N23)C1. The summed E-state index contributed by atoms with van der Waals surface area (Å²) in [5.74, 6) is -0.997. The molecule has 0 N–H and O–H groups in total. The zero-order valence-electron chi connectivity index (χ0n) is 22.2. The number of esters is 2. The molecule has 8 nitrogen and oxygen atoms in total. The molecule has 198 valence electrons. The van der Waals surface area contributed by atoms with Crippen LogP contribution in [0.4, 0.5) is 0 Å². The van der Waals surface area contributed by atoms with E-state index in [4.69, 9.17) is 14.5 Å². The highest BCUT2D eigenvalue weighted by Gasteiger charge is 2.42. The van der Waals surface area contributed by atoms with E-state index in [-0.39, 0.29) is 24.2 Å². The van der Waals surface area contributed by atoms with Crippen LogP contribution in [0.2, 0.25) is 0 Å². The number of amides is 1. The molecule has 37 heavy (non-hydrogen) atoms. The van der Waals surface area contributed by atoms with Crippen LogP contribution in [-0.4, -0.2) is 59.6 Å². The number of hydrogen-bond donors (Lipinski definition) is 0. The van der Waals surface area contributed by atoms with Crippen molar-refractivity contribution in [3.8, 4) is 0 Å². The van der Waals surface area contributed by atoms with Crippen molar-refractivity contribution in [1.29, 1.82) is 0 Å². The van der Waals surface area contributed by atoms with Gasteiger partial charge in [-0.25, -0.2) is 9.79 Å². The molecule has 0 spiro atoms. The monoisotopic (exact) mass is 525 g/mol. The number of carbonyl (C=O) groups excluding carboxylic acids is 3. The molecule has 9 heteroatoms. The fourth-order valence-electron chi connectivity index (χ4n) is 5.26. The molecule has 2 atom stereocenters. The minimum Gasteiger partial charge on any atom is -0.466 e. The molecule has 1 saturated heterocycles. The molecule has 0 aromatic heterocycles. The van der Waals surface area contributed by atoms with Gasteiger partial charge in [-0.15, -0.1) is 0 Å². The molecule has 0 aliphatic carbocycles. The number of hydrogen-bond acceptors (Lipinski definition) is 8. The lowest BCUT2D eigenvalue weighted by Gasteiger charge is -2.38. The lowest BCUT2D eigenvalue weighted by atomic mass is 9.89. The van der Waals surface area contributed by atoms with E-state index in [2.05, 4.69) is 6.07 Å². The minimum absolute atomic E-state index is 0.0497. The van der Waals surface area contributed by atoms with Gasteiger partial charge in [-0.3, -0.25) is 9.59 Å². The summed E-state index contributed by atoms with van der Waals surface area (Å²) in [5.41, 5.74) is 5.15. The highest BCUT2D eigenvalue weighted by Crippen LogP contribution is 2.46. The van der Waals surface area contributed by atoms with Crippen LogP contribution in [0.3, 0.4) is 0 Å². The van der Waals surface area contributed by atoms with Gasteiger partial charge in [-0.1, -0.05) is 42.4 Å². The highest BCUT2D eigenvalue weighted by atomic mass is 32.2. The number of aliphatic imine (C=N–C) groups is 1. The Morgan fingerprint density at radius 2 is 1.97 bits per heavy atom. The first-order chi connectivity index (χ1) is 17.8. The average Bonchev–Trinajstić information content (AvgIpc) is 3.29. The molecule has 3 aliphatic rings. The zero-order valence-corrected chi connectivity index (χ0v) is 23.0. The van der Waals surface area contributed by atoms with Gasteiger partial charge in [-0.05, 0) is 56.6 Å². The van der Waals surface area contributed by atoms with Crippen molar-refractivity contribution in [3.05, 3.63) is 57.3 Å². The summed E-state index contributed by atoms with van der Waals surface area (Å²) < 4.78 is 10.4. The van der Waals surface area contributed by atoms with E-state index in [1.807, 2.05) is 43.2 Å². The van der Waals surface area contributed by atoms with Crippen LogP contribution in [0.1, 0.15) is 62.3 Å². The number of benzene rings is 1. The fourth-order valence-corrected chi connectivity index (χ4v) is 6.20. The maximum Gasteiger partial charge on any atom is 0.338 e. The number of piperidine rings is 1. The summed E-state index contributed by atoms with van der Waals surface area (Å²) in [7, 11) is 1.39. The first-order valence-electron chi connectivity index (χ1n) is 12.9. The van der Waals surface area contributed by atoms with Gasteiger partial charge in [0.05, 0.1) is 43.4 Å². The van der Waals surface area contributed by atoms with Gasteiger partial charge in [0.1, 0.15) is 0 Å². The molecule has 1 amide bonds. The maximum atomic E-state index is 13.5. The van der Waals surface area contributed by atoms with Crippen LogP contribution in [0.5, 0.6) is 0 Å². The van der Waals surface area contributed by atoms with Crippen LogP contribution in [0.15, 0.2) is 45.6 Å². The van der Waals surface area contributed by atoms with Gasteiger partial charge in [0.2, 0.25) is 5.91 Å². The van der Waals surface area contributed by atoms with Gasteiger partial charge < -0.3 is 19.3 Å². The molecule has 0 radical (unpaired) electrons. The third-order valence-corrected chi connectivity index (χ3v) is 7.96. The number of thioether (sulfide) groups is 1. The Balaban J connectivity index is 1.65. The van der Waals surface area contributed by atoms with E-state index in [0.717, 1.165) is 40.4 Å². The number of likely N-dealkylation sites (tertiary alicyclic amines) is 1. The third kappa shape index (κ3) is 5.46. The van der Waals surface area contributed by atoms with Gasteiger partial charge in [0, 0.05) is 18.8 Å². The van der Waals surface area contributed by atoms with Crippen molar-refractivity contribution in [2.24, 2.45) is 10.9 Å². The summed E-state index contributed by atoms with van der Waals surface area (Å²) in [6.07, 6.45) is 2.23. The number of fused-ring (bicyclic) bond motifs is 1. The standard InChI is InChI=1S/C28H35N3O5S/c1-6-22-24(27(34)35-5)25(21-11-10-17(3)13-18(21)4)31-20(16-37-28(31)29-22)14-23(32)30-12-8-9-19(15-30)26(33)36-7-2/h10-11,13,16,19,25H,6-9,12,14-15H2,1-5H3. The van der Waals surface area contributed by atoms with Crippen molar-refractivity contribution in [3.63, 3.8) is 0 Å². The Morgan fingerprint density at radius 1 is 1.19 bits per heavy atom. The van der Waals surface area contributed by atoms with E-state index >= 15 is 0 Å². The summed E-state index contributed by atoms with van der Waals surface area (Å²) in [4.78, 5) is 47.4. The number of methoxy groups -OCH3 is 1. The summed E-state index contributed by atoms with van der Waals surface area (Å²) in [6.45, 7) is 9.16. The second-order valence-electron chi connectivity index (χ2n) is 9.57. The van der Waals surface area contributed by atoms with Gasteiger partial charge in [0.25, 0.3) is 0 Å².